The van der Waals surface area contributed by atoms with Gasteiger partial charge in [0.1, 0.15) is 5.60 Å². The highest BCUT2D eigenvalue weighted by atomic mass is 16.6. The predicted molar refractivity (Wildman–Crippen MR) is 77.8 cm³/mol. The van der Waals surface area contributed by atoms with Crippen LogP contribution in [0.25, 0.3) is 0 Å². The topological polar surface area (TPSA) is 84.9 Å². The summed E-state index contributed by atoms with van der Waals surface area (Å²) in [6.45, 7) is 5.35. The number of nitrogens with one attached hydrogen (secondary N) is 1. The van der Waals surface area contributed by atoms with Gasteiger partial charge in [-0.05, 0) is 33.6 Å². The Morgan fingerprint density at radius 3 is 2.29 bits per heavy atom. The fourth-order valence-electron chi connectivity index (χ4n) is 2.67. The van der Waals surface area contributed by atoms with E-state index in [4.69, 9.17) is 4.74 Å². The second-order valence-electron chi connectivity index (χ2n) is 6.64. The number of carbonyl (C=O) groups excluding carboxylic acids is 2. The van der Waals surface area contributed by atoms with E-state index < -0.39 is 29.3 Å². The van der Waals surface area contributed by atoms with Gasteiger partial charge in [0, 0.05) is 0 Å². The molecule has 0 aromatic carbocycles. The van der Waals surface area contributed by atoms with Crippen LogP contribution < -0.4 is 5.32 Å². The van der Waals surface area contributed by atoms with Gasteiger partial charge in [0.2, 0.25) is 0 Å². The van der Waals surface area contributed by atoms with Crippen LogP contribution in [-0.2, 0) is 14.3 Å². The van der Waals surface area contributed by atoms with E-state index in [1.54, 1.807) is 20.8 Å². The van der Waals surface area contributed by atoms with Crippen LogP contribution in [0.3, 0.4) is 0 Å². The van der Waals surface area contributed by atoms with E-state index in [2.05, 4.69) is 10.1 Å². The third kappa shape index (κ3) is 5.53. The Bertz CT molecular complexity index is 369. The highest BCUT2D eigenvalue weighted by Gasteiger charge is 2.42. The quantitative estimate of drug-likeness (QED) is 0.777. The molecule has 0 spiro atoms. The lowest BCUT2D eigenvalue weighted by Crippen LogP contribution is -2.59. The summed E-state index contributed by atoms with van der Waals surface area (Å²) in [4.78, 5) is 23.4. The molecule has 1 aliphatic rings. The third-order valence-electron chi connectivity index (χ3n) is 3.72. The number of carbonyl (C=O) groups is 2. The zero-order chi connectivity index (χ0) is 16.1. The first-order chi connectivity index (χ1) is 9.68. The van der Waals surface area contributed by atoms with E-state index >= 15 is 0 Å². The Balaban J connectivity index is 2.78. The molecule has 1 fully saturated rings. The molecule has 6 heteroatoms. The highest BCUT2D eigenvalue weighted by molar-refractivity contribution is 5.71. The Kier molecular flexibility index (Phi) is 6.01. The zero-order valence-corrected chi connectivity index (χ0v) is 13.4. The Labute approximate surface area is 126 Å². The van der Waals surface area contributed by atoms with Crippen LogP contribution in [0.1, 0.15) is 59.3 Å². The zero-order valence-electron chi connectivity index (χ0n) is 13.4. The van der Waals surface area contributed by atoms with E-state index in [-0.39, 0.29) is 6.42 Å². The molecular formula is C15H27NO5. The first-order valence-corrected chi connectivity index (χ1v) is 7.44. The van der Waals surface area contributed by atoms with E-state index in [0.29, 0.717) is 12.8 Å². The standard InChI is InChI=1S/C15H27NO5/c1-14(2,3)21-13(19)16-15(8-6-5-7-9-15)11(17)10-12(18)20-4/h11,17H,5-10H2,1-4H3,(H,16,19)/t11-/m1/s1. The van der Waals surface area contributed by atoms with Gasteiger partial charge in [0.25, 0.3) is 0 Å². The lowest BCUT2D eigenvalue weighted by atomic mass is 9.76. The smallest absolute Gasteiger partial charge is 0.408 e. The molecular weight excluding hydrogens is 274 g/mol. The molecule has 1 aliphatic carbocycles. The van der Waals surface area contributed by atoms with Gasteiger partial charge >= 0.3 is 12.1 Å². The molecule has 1 atom stereocenters. The average molecular weight is 301 g/mol. The Hall–Kier alpha value is -1.30. The van der Waals surface area contributed by atoms with Crippen LogP contribution in [0.5, 0.6) is 0 Å². The molecule has 0 heterocycles. The van der Waals surface area contributed by atoms with Crippen molar-refractivity contribution in [2.45, 2.75) is 76.5 Å². The van der Waals surface area contributed by atoms with Crippen molar-refractivity contribution in [2.24, 2.45) is 0 Å². The van der Waals surface area contributed by atoms with Gasteiger partial charge in [-0.2, -0.15) is 0 Å². The monoisotopic (exact) mass is 301 g/mol. The molecule has 0 radical (unpaired) electrons. The number of alkyl carbamates (subject to hydrolysis) is 1. The number of hydrogen-bond acceptors (Lipinski definition) is 5. The number of aliphatic hydroxyl groups is 1. The SMILES string of the molecule is COC(=O)C[C@@H](O)C1(NC(=O)OC(C)(C)C)CCCCC1. The van der Waals surface area contributed by atoms with Crippen molar-refractivity contribution in [2.75, 3.05) is 7.11 Å². The minimum absolute atomic E-state index is 0.133. The highest BCUT2D eigenvalue weighted by Crippen LogP contribution is 2.33. The van der Waals surface area contributed by atoms with Crippen molar-refractivity contribution in [1.82, 2.24) is 5.32 Å². The van der Waals surface area contributed by atoms with Gasteiger partial charge in [0.05, 0.1) is 25.2 Å². The molecule has 0 saturated heterocycles. The second kappa shape index (κ2) is 7.11. The molecule has 0 aromatic rings. The minimum Gasteiger partial charge on any atom is -0.469 e. The third-order valence-corrected chi connectivity index (χ3v) is 3.72. The van der Waals surface area contributed by atoms with Gasteiger partial charge in [-0.25, -0.2) is 4.79 Å². The lowest BCUT2D eigenvalue weighted by Gasteiger charge is -2.41. The molecule has 0 aliphatic heterocycles. The molecule has 122 valence electrons. The Morgan fingerprint density at radius 1 is 1.24 bits per heavy atom. The molecule has 0 unspecified atom stereocenters. The number of methoxy groups -OCH3 is 1. The molecule has 1 rings (SSSR count). The molecule has 0 bridgehead atoms. The summed E-state index contributed by atoms with van der Waals surface area (Å²) in [6.07, 6.45) is 2.44. The number of esters is 1. The molecule has 2 N–H and O–H groups in total. The first kappa shape index (κ1) is 17.8. The van der Waals surface area contributed by atoms with Crippen molar-refractivity contribution in [1.29, 1.82) is 0 Å². The summed E-state index contributed by atoms with van der Waals surface area (Å²) in [7, 11) is 1.28. The summed E-state index contributed by atoms with van der Waals surface area (Å²) < 4.78 is 9.87. The van der Waals surface area contributed by atoms with Crippen LogP contribution in [0.4, 0.5) is 4.79 Å². The van der Waals surface area contributed by atoms with Crippen LogP contribution in [0.2, 0.25) is 0 Å². The van der Waals surface area contributed by atoms with Crippen molar-refractivity contribution in [3.63, 3.8) is 0 Å². The maximum Gasteiger partial charge on any atom is 0.408 e. The van der Waals surface area contributed by atoms with Gasteiger partial charge in [0.15, 0.2) is 0 Å². The summed E-state index contributed by atoms with van der Waals surface area (Å²) in [5, 5.41) is 13.2. The van der Waals surface area contributed by atoms with E-state index in [0.717, 1.165) is 19.3 Å². The van der Waals surface area contributed by atoms with Crippen molar-refractivity contribution in [3.05, 3.63) is 0 Å². The Morgan fingerprint density at radius 2 is 1.81 bits per heavy atom. The largest absolute Gasteiger partial charge is 0.469 e. The van der Waals surface area contributed by atoms with E-state index in [1.165, 1.54) is 7.11 Å². The average Bonchev–Trinajstić information content (AvgIpc) is 2.37. The van der Waals surface area contributed by atoms with Crippen LogP contribution in [-0.4, -0.2) is 41.5 Å². The summed E-state index contributed by atoms with van der Waals surface area (Å²) in [5.74, 6) is -0.488. The van der Waals surface area contributed by atoms with Gasteiger partial charge in [-0.1, -0.05) is 19.3 Å². The van der Waals surface area contributed by atoms with E-state index in [1.807, 2.05) is 0 Å². The summed E-state index contributed by atoms with van der Waals surface area (Å²) >= 11 is 0. The number of amides is 1. The van der Waals surface area contributed by atoms with Gasteiger partial charge < -0.3 is 19.9 Å². The molecule has 0 aromatic heterocycles. The predicted octanol–water partition coefficient (Wildman–Crippen LogP) is 2.14. The molecule has 21 heavy (non-hydrogen) atoms. The molecule has 6 nitrogen and oxygen atoms in total. The normalized spacial score (nSPS) is 19.5. The summed E-state index contributed by atoms with van der Waals surface area (Å²) in [6, 6.07) is 0. The molecule has 1 amide bonds. The molecule has 1 saturated carbocycles. The van der Waals surface area contributed by atoms with Gasteiger partial charge in [-0.3, -0.25) is 4.79 Å². The maximum absolute atomic E-state index is 12.0. The van der Waals surface area contributed by atoms with Crippen LogP contribution >= 0.6 is 0 Å². The van der Waals surface area contributed by atoms with E-state index in [9.17, 15) is 14.7 Å². The van der Waals surface area contributed by atoms with Crippen LogP contribution in [0, 0.1) is 0 Å². The number of rotatable bonds is 4. The fraction of sp³-hybridized carbons (Fsp3) is 0.867. The second-order valence-corrected chi connectivity index (χ2v) is 6.64. The first-order valence-electron chi connectivity index (χ1n) is 7.44. The number of aliphatic hydroxyl groups excluding tert-OH is 1. The van der Waals surface area contributed by atoms with Crippen molar-refractivity contribution >= 4 is 12.1 Å². The lowest BCUT2D eigenvalue weighted by molar-refractivity contribution is -0.144. The van der Waals surface area contributed by atoms with Crippen molar-refractivity contribution < 1.29 is 24.2 Å². The number of hydrogen-bond donors (Lipinski definition) is 2. The summed E-state index contributed by atoms with van der Waals surface area (Å²) in [5.41, 5.74) is -1.41. The van der Waals surface area contributed by atoms with Gasteiger partial charge in [-0.15, -0.1) is 0 Å². The fourth-order valence-corrected chi connectivity index (χ4v) is 2.67. The number of ether oxygens (including phenoxy) is 2. The maximum atomic E-state index is 12.0. The van der Waals surface area contributed by atoms with Crippen LogP contribution in [0.15, 0.2) is 0 Å². The minimum atomic E-state index is -0.974. The van der Waals surface area contributed by atoms with Crippen molar-refractivity contribution in [3.8, 4) is 0 Å².